The van der Waals surface area contributed by atoms with Gasteiger partial charge in [0.25, 0.3) is 5.56 Å². The molecule has 0 spiro atoms. The second-order valence-electron chi connectivity index (χ2n) is 7.98. The lowest BCUT2D eigenvalue weighted by Crippen LogP contribution is -2.18. The van der Waals surface area contributed by atoms with Crippen LogP contribution < -0.4 is 5.56 Å². The van der Waals surface area contributed by atoms with Gasteiger partial charge in [-0.05, 0) is 49.1 Å². The number of rotatable bonds is 5. The maximum Gasteiger partial charge on any atom is 0.253 e. The van der Waals surface area contributed by atoms with Crippen LogP contribution in [0.25, 0.3) is 22.2 Å². The summed E-state index contributed by atoms with van der Waals surface area (Å²) in [6, 6.07) is 8.41. The van der Waals surface area contributed by atoms with Crippen LogP contribution in [0.2, 0.25) is 0 Å². The fourth-order valence-electron chi connectivity index (χ4n) is 4.45. The van der Waals surface area contributed by atoms with Crippen molar-refractivity contribution in [2.24, 2.45) is 7.05 Å². The van der Waals surface area contributed by atoms with Gasteiger partial charge in [-0.2, -0.15) is 0 Å². The lowest BCUT2D eigenvalue weighted by atomic mass is 9.88. The second-order valence-corrected chi connectivity index (χ2v) is 7.98. The number of aryl methyl sites for hydroxylation is 2. The summed E-state index contributed by atoms with van der Waals surface area (Å²) < 4.78 is 9.39. The molecule has 28 heavy (non-hydrogen) atoms. The lowest BCUT2D eigenvalue weighted by Gasteiger charge is -2.22. The third-order valence-corrected chi connectivity index (χ3v) is 5.96. The molecule has 0 radical (unpaired) electrons. The molecule has 1 fully saturated rings. The van der Waals surface area contributed by atoms with Gasteiger partial charge in [-0.25, -0.2) is 4.98 Å². The van der Waals surface area contributed by atoms with Crippen LogP contribution in [0.5, 0.6) is 0 Å². The predicted octanol–water partition coefficient (Wildman–Crippen LogP) is 4.40. The first-order valence-corrected chi connectivity index (χ1v) is 10.2. The minimum absolute atomic E-state index is 0.0505. The Balaban J connectivity index is 1.82. The summed E-state index contributed by atoms with van der Waals surface area (Å²) in [7, 11) is 3.56. The first kappa shape index (κ1) is 18.9. The zero-order valence-corrected chi connectivity index (χ0v) is 17.1. The summed E-state index contributed by atoms with van der Waals surface area (Å²) >= 11 is 0. The predicted molar refractivity (Wildman–Crippen MR) is 113 cm³/mol. The first-order chi connectivity index (χ1) is 13.6. The van der Waals surface area contributed by atoms with Gasteiger partial charge in [0.05, 0.1) is 17.6 Å². The quantitative estimate of drug-likeness (QED) is 0.660. The van der Waals surface area contributed by atoms with Gasteiger partial charge in [-0.15, -0.1) is 0 Å². The van der Waals surface area contributed by atoms with Crippen LogP contribution in [0.1, 0.15) is 49.4 Å². The summed E-state index contributed by atoms with van der Waals surface area (Å²) in [5.41, 5.74) is 5.18. The Kier molecular flexibility index (Phi) is 5.36. The normalized spacial score (nSPS) is 15.4. The molecule has 0 unspecified atom stereocenters. The molecule has 5 nitrogen and oxygen atoms in total. The Labute approximate surface area is 166 Å². The van der Waals surface area contributed by atoms with Crippen molar-refractivity contribution in [3.63, 3.8) is 0 Å². The van der Waals surface area contributed by atoms with Crippen molar-refractivity contribution in [2.75, 3.05) is 13.7 Å². The van der Waals surface area contributed by atoms with E-state index < -0.39 is 0 Å². The first-order valence-electron chi connectivity index (χ1n) is 10.2. The molecule has 1 aliphatic carbocycles. The molecule has 1 aliphatic rings. The molecule has 2 aromatic heterocycles. The van der Waals surface area contributed by atoms with E-state index in [1.54, 1.807) is 18.7 Å². The molecule has 4 rings (SSSR count). The summed E-state index contributed by atoms with van der Waals surface area (Å²) in [6.45, 7) is 3.36. The number of fused-ring (bicyclic) bond motifs is 1. The van der Waals surface area contributed by atoms with Gasteiger partial charge >= 0.3 is 0 Å². The van der Waals surface area contributed by atoms with Gasteiger partial charge in [0.15, 0.2) is 0 Å². The summed E-state index contributed by atoms with van der Waals surface area (Å²) in [6.07, 6.45) is 8.28. The number of benzene rings is 1. The van der Waals surface area contributed by atoms with E-state index in [-0.39, 0.29) is 5.56 Å². The Hall–Kier alpha value is -2.40. The largest absolute Gasteiger partial charge is 0.383 e. The standard InChI is InChI=1S/C23H29N3O2/c1-16-13-19(15-25(2)23(16)27)18-9-10-20-21(14-18)26(11-12-28-3)22(24-20)17-7-5-4-6-8-17/h9-10,13-15,17H,4-8,11-12H2,1-3H3. The second kappa shape index (κ2) is 7.92. The Morgan fingerprint density at radius 1 is 1.14 bits per heavy atom. The van der Waals surface area contributed by atoms with Crippen molar-refractivity contribution in [1.82, 2.24) is 14.1 Å². The van der Waals surface area contributed by atoms with Crippen LogP contribution in [0, 0.1) is 6.92 Å². The molecule has 0 bridgehead atoms. The fourth-order valence-corrected chi connectivity index (χ4v) is 4.45. The summed E-state index contributed by atoms with van der Waals surface area (Å²) in [4.78, 5) is 17.1. The highest BCUT2D eigenvalue weighted by atomic mass is 16.5. The molecule has 0 atom stereocenters. The third-order valence-electron chi connectivity index (χ3n) is 5.96. The number of hydrogen-bond acceptors (Lipinski definition) is 3. The molecule has 0 aliphatic heterocycles. The molecular formula is C23H29N3O2. The van der Waals surface area contributed by atoms with Crippen molar-refractivity contribution < 1.29 is 4.74 Å². The van der Waals surface area contributed by atoms with Crippen LogP contribution in [0.15, 0.2) is 35.3 Å². The van der Waals surface area contributed by atoms with Crippen LogP contribution in [-0.4, -0.2) is 27.8 Å². The molecule has 0 saturated heterocycles. The van der Waals surface area contributed by atoms with Gasteiger partial charge < -0.3 is 13.9 Å². The zero-order chi connectivity index (χ0) is 19.7. The van der Waals surface area contributed by atoms with E-state index in [0.29, 0.717) is 12.5 Å². The number of ether oxygens (including phenoxy) is 1. The molecule has 1 saturated carbocycles. The molecule has 1 aromatic carbocycles. The van der Waals surface area contributed by atoms with Gasteiger partial charge in [0.1, 0.15) is 5.82 Å². The van der Waals surface area contributed by atoms with Gasteiger partial charge in [0.2, 0.25) is 0 Å². The molecule has 5 heteroatoms. The van der Waals surface area contributed by atoms with Crippen LogP contribution in [0.3, 0.4) is 0 Å². The lowest BCUT2D eigenvalue weighted by molar-refractivity contribution is 0.186. The van der Waals surface area contributed by atoms with E-state index in [1.807, 2.05) is 19.2 Å². The van der Waals surface area contributed by atoms with E-state index in [1.165, 1.54) is 37.9 Å². The Morgan fingerprint density at radius 2 is 1.93 bits per heavy atom. The molecule has 0 N–H and O–H groups in total. The highest BCUT2D eigenvalue weighted by Gasteiger charge is 2.22. The number of nitrogens with zero attached hydrogens (tertiary/aromatic N) is 3. The molecule has 0 amide bonds. The van der Waals surface area contributed by atoms with Crippen LogP contribution >= 0.6 is 0 Å². The molecule has 3 aromatic rings. The minimum Gasteiger partial charge on any atom is -0.383 e. The number of imidazole rings is 1. The van der Waals surface area contributed by atoms with Crippen LogP contribution in [-0.2, 0) is 18.3 Å². The van der Waals surface area contributed by atoms with E-state index in [2.05, 4.69) is 22.8 Å². The van der Waals surface area contributed by atoms with Crippen molar-refractivity contribution in [2.45, 2.75) is 51.5 Å². The smallest absolute Gasteiger partial charge is 0.253 e. The van der Waals surface area contributed by atoms with Crippen molar-refractivity contribution in [3.05, 3.63) is 52.2 Å². The number of hydrogen-bond donors (Lipinski definition) is 0. The van der Waals surface area contributed by atoms with Gasteiger partial charge in [-0.3, -0.25) is 4.79 Å². The summed E-state index contributed by atoms with van der Waals surface area (Å²) in [5.74, 6) is 1.75. The highest BCUT2D eigenvalue weighted by Crippen LogP contribution is 2.35. The topological polar surface area (TPSA) is 49.1 Å². The average Bonchev–Trinajstić information content (AvgIpc) is 3.08. The number of pyridine rings is 1. The molecule has 2 heterocycles. The van der Waals surface area contributed by atoms with E-state index >= 15 is 0 Å². The van der Waals surface area contributed by atoms with E-state index in [4.69, 9.17) is 9.72 Å². The van der Waals surface area contributed by atoms with Crippen molar-refractivity contribution >= 4 is 11.0 Å². The monoisotopic (exact) mass is 379 g/mol. The van der Waals surface area contributed by atoms with Gasteiger partial charge in [-0.1, -0.05) is 25.3 Å². The maximum atomic E-state index is 12.1. The third kappa shape index (κ3) is 3.51. The van der Waals surface area contributed by atoms with Crippen molar-refractivity contribution in [3.8, 4) is 11.1 Å². The Bertz CT molecular complexity index is 1020. The Morgan fingerprint density at radius 3 is 2.64 bits per heavy atom. The summed E-state index contributed by atoms with van der Waals surface area (Å²) in [5, 5.41) is 0. The van der Waals surface area contributed by atoms with E-state index in [9.17, 15) is 4.79 Å². The number of aromatic nitrogens is 3. The zero-order valence-electron chi connectivity index (χ0n) is 17.1. The SMILES string of the molecule is COCCn1c(C2CCCCC2)nc2ccc(-c3cc(C)c(=O)n(C)c3)cc21. The van der Waals surface area contributed by atoms with Gasteiger partial charge in [0, 0.05) is 38.4 Å². The molecular weight excluding hydrogens is 350 g/mol. The molecule has 148 valence electrons. The van der Waals surface area contributed by atoms with Crippen molar-refractivity contribution in [1.29, 1.82) is 0 Å². The van der Waals surface area contributed by atoms with Crippen LogP contribution in [0.4, 0.5) is 0 Å². The fraction of sp³-hybridized carbons (Fsp3) is 0.478. The van der Waals surface area contributed by atoms with E-state index in [0.717, 1.165) is 34.3 Å². The maximum absolute atomic E-state index is 12.1. The minimum atomic E-state index is 0.0505. The number of methoxy groups -OCH3 is 1. The average molecular weight is 380 g/mol. The highest BCUT2D eigenvalue weighted by molar-refractivity contribution is 5.82.